The Morgan fingerprint density at radius 3 is 2.56 bits per heavy atom. The fourth-order valence-electron chi connectivity index (χ4n) is 1.38. The van der Waals surface area contributed by atoms with Crippen LogP contribution in [0.5, 0.6) is 0 Å². The van der Waals surface area contributed by atoms with Crippen LogP contribution in [0.3, 0.4) is 0 Å². The summed E-state index contributed by atoms with van der Waals surface area (Å²) >= 11 is 3.18. The number of fused-ring (bicyclic) bond motifs is 1. The van der Waals surface area contributed by atoms with Gasteiger partial charge < -0.3 is 10.2 Å². The van der Waals surface area contributed by atoms with E-state index in [1.54, 1.807) is 6.07 Å². The number of hydrogen-bond donors (Lipinski definition) is 2. The molecule has 0 aromatic carbocycles. The number of carboxylic acid groups (broad SMARTS) is 2. The van der Waals surface area contributed by atoms with Gasteiger partial charge in [-0.1, -0.05) is 15.9 Å². The van der Waals surface area contributed by atoms with Gasteiger partial charge in [-0.3, -0.25) is 0 Å². The summed E-state index contributed by atoms with van der Waals surface area (Å²) in [6, 6.07) is 3.14. The highest BCUT2D eigenvalue weighted by atomic mass is 79.9. The molecule has 0 aliphatic rings. The summed E-state index contributed by atoms with van der Waals surface area (Å²) in [5.41, 5.74) is -0.543. The summed E-state index contributed by atoms with van der Waals surface area (Å²) in [5, 5.41) is 21.5. The van der Waals surface area contributed by atoms with Gasteiger partial charge in [0.15, 0.2) is 5.69 Å². The molecule has 0 aliphatic carbocycles. The zero-order valence-electron chi connectivity index (χ0n) is 7.72. The van der Waals surface area contributed by atoms with Crippen LogP contribution >= 0.6 is 15.9 Å². The molecule has 6 nitrogen and oxygen atoms in total. The van der Waals surface area contributed by atoms with Crippen LogP contribution in [0.1, 0.15) is 20.8 Å². The van der Waals surface area contributed by atoms with Gasteiger partial charge in [-0.25, -0.2) is 14.1 Å². The zero-order chi connectivity index (χ0) is 11.9. The van der Waals surface area contributed by atoms with Crippen molar-refractivity contribution in [2.75, 3.05) is 0 Å². The SMILES string of the molecule is O=C(O)c1nn2ccc(Br)cc2c1C(=O)O. The minimum Gasteiger partial charge on any atom is -0.478 e. The molecule has 2 aromatic heterocycles. The molecular formula is C9H5BrN2O4. The molecule has 2 aromatic rings. The largest absolute Gasteiger partial charge is 0.478 e. The van der Waals surface area contributed by atoms with Crippen molar-refractivity contribution >= 4 is 33.4 Å². The number of nitrogens with zero attached hydrogens (tertiary/aromatic N) is 2. The maximum absolute atomic E-state index is 11.0. The molecule has 82 valence electrons. The lowest BCUT2D eigenvalue weighted by Crippen LogP contribution is -2.06. The zero-order valence-corrected chi connectivity index (χ0v) is 9.30. The lowest BCUT2D eigenvalue weighted by atomic mass is 10.2. The van der Waals surface area contributed by atoms with E-state index in [1.165, 1.54) is 16.8 Å². The number of aromatic nitrogens is 2. The van der Waals surface area contributed by atoms with E-state index in [9.17, 15) is 9.59 Å². The molecule has 0 bridgehead atoms. The topological polar surface area (TPSA) is 91.9 Å². The Bertz CT molecular complexity index is 605. The molecule has 0 amide bonds. The van der Waals surface area contributed by atoms with E-state index in [-0.39, 0.29) is 11.1 Å². The van der Waals surface area contributed by atoms with Crippen LogP contribution in [0, 0.1) is 0 Å². The lowest BCUT2D eigenvalue weighted by Gasteiger charge is -1.94. The Labute approximate surface area is 97.2 Å². The fourth-order valence-corrected chi connectivity index (χ4v) is 1.72. The van der Waals surface area contributed by atoms with Gasteiger partial charge >= 0.3 is 11.9 Å². The van der Waals surface area contributed by atoms with Gasteiger partial charge in [0.1, 0.15) is 5.56 Å². The first-order chi connectivity index (χ1) is 7.50. The molecule has 7 heteroatoms. The van der Waals surface area contributed by atoms with Crippen molar-refractivity contribution in [3.63, 3.8) is 0 Å². The van der Waals surface area contributed by atoms with Gasteiger partial charge in [-0.2, -0.15) is 5.10 Å². The second-order valence-corrected chi connectivity index (χ2v) is 3.92. The van der Waals surface area contributed by atoms with Crippen LogP contribution in [0.2, 0.25) is 0 Å². The van der Waals surface area contributed by atoms with E-state index < -0.39 is 17.6 Å². The number of carboxylic acids is 2. The summed E-state index contributed by atoms with van der Waals surface area (Å²) in [6.07, 6.45) is 1.48. The third kappa shape index (κ3) is 1.54. The minimum absolute atomic E-state index is 0.235. The van der Waals surface area contributed by atoms with Crippen LogP contribution in [-0.4, -0.2) is 31.8 Å². The predicted molar refractivity (Wildman–Crippen MR) is 56.8 cm³/mol. The first-order valence-corrected chi connectivity index (χ1v) is 4.94. The van der Waals surface area contributed by atoms with Crippen molar-refractivity contribution in [3.8, 4) is 0 Å². The normalized spacial score (nSPS) is 10.6. The first-order valence-electron chi connectivity index (χ1n) is 4.15. The third-order valence-corrected chi connectivity index (χ3v) is 2.51. The molecule has 0 aliphatic heterocycles. The van der Waals surface area contributed by atoms with Crippen molar-refractivity contribution in [2.24, 2.45) is 0 Å². The van der Waals surface area contributed by atoms with Crippen LogP contribution in [0.4, 0.5) is 0 Å². The van der Waals surface area contributed by atoms with Gasteiger partial charge in [0.05, 0.1) is 5.52 Å². The average molecular weight is 285 g/mol. The fraction of sp³-hybridized carbons (Fsp3) is 0. The van der Waals surface area contributed by atoms with Gasteiger partial charge in [0.2, 0.25) is 0 Å². The van der Waals surface area contributed by atoms with Crippen LogP contribution in [-0.2, 0) is 0 Å². The van der Waals surface area contributed by atoms with E-state index in [0.717, 1.165) is 0 Å². The Morgan fingerprint density at radius 1 is 1.31 bits per heavy atom. The summed E-state index contributed by atoms with van der Waals surface area (Å²) in [5.74, 6) is -2.68. The number of pyridine rings is 1. The van der Waals surface area contributed by atoms with Crippen LogP contribution in [0.15, 0.2) is 22.8 Å². The van der Waals surface area contributed by atoms with E-state index in [2.05, 4.69) is 21.0 Å². The summed E-state index contributed by atoms with van der Waals surface area (Å²) < 4.78 is 1.87. The monoisotopic (exact) mass is 284 g/mol. The number of halogens is 1. The lowest BCUT2D eigenvalue weighted by molar-refractivity contribution is 0.0649. The highest BCUT2D eigenvalue weighted by Gasteiger charge is 2.23. The smallest absolute Gasteiger partial charge is 0.357 e. The summed E-state index contributed by atoms with van der Waals surface area (Å²) in [6.45, 7) is 0. The standard InChI is InChI=1S/C9H5BrN2O4/c10-4-1-2-12-5(3-4)6(8(13)14)7(11-12)9(15)16/h1-3H,(H,13,14)(H,15,16). The van der Waals surface area contributed by atoms with Crippen molar-refractivity contribution in [1.29, 1.82) is 0 Å². The summed E-state index contributed by atoms with van der Waals surface area (Å²) in [7, 11) is 0. The Kier molecular flexibility index (Phi) is 2.39. The summed E-state index contributed by atoms with van der Waals surface area (Å²) in [4.78, 5) is 21.8. The van der Waals surface area contributed by atoms with Crippen LogP contribution < -0.4 is 0 Å². The average Bonchev–Trinajstić information content (AvgIpc) is 2.55. The quantitative estimate of drug-likeness (QED) is 0.872. The van der Waals surface area contributed by atoms with Crippen LogP contribution in [0.25, 0.3) is 5.52 Å². The Balaban J connectivity index is 2.88. The molecule has 0 saturated heterocycles. The minimum atomic E-state index is -1.36. The second-order valence-electron chi connectivity index (χ2n) is 3.01. The molecule has 0 atom stereocenters. The van der Waals surface area contributed by atoms with Crippen molar-refractivity contribution in [2.45, 2.75) is 0 Å². The van der Waals surface area contributed by atoms with Crippen molar-refractivity contribution < 1.29 is 19.8 Å². The second kappa shape index (κ2) is 3.60. The first kappa shape index (κ1) is 10.6. The maximum atomic E-state index is 11.0. The maximum Gasteiger partial charge on any atom is 0.357 e. The molecular weight excluding hydrogens is 280 g/mol. The van der Waals surface area contributed by atoms with Gasteiger partial charge in [-0.15, -0.1) is 0 Å². The Morgan fingerprint density at radius 2 is 2.00 bits per heavy atom. The molecule has 2 rings (SSSR count). The molecule has 2 N–H and O–H groups in total. The Hall–Kier alpha value is -1.89. The van der Waals surface area contributed by atoms with Gasteiger partial charge in [-0.05, 0) is 12.1 Å². The molecule has 0 spiro atoms. The molecule has 0 fully saturated rings. The number of rotatable bonds is 2. The molecule has 0 unspecified atom stereocenters. The van der Waals surface area contributed by atoms with E-state index in [4.69, 9.17) is 10.2 Å². The highest BCUT2D eigenvalue weighted by molar-refractivity contribution is 9.10. The molecule has 0 radical (unpaired) electrons. The number of carbonyl (C=O) groups is 2. The highest BCUT2D eigenvalue weighted by Crippen LogP contribution is 2.20. The van der Waals surface area contributed by atoms with Crippen molar-refractivity contribution in [1.82, 2.24) is 9.61 Å². The third-order valence-electron chi connectivity index (χ3n) is 2.01. The predicted octanol–water partition coefficient (Wildman–Crippen LogP) is 1.49. The molecule has 16 heavy (non-hydrogen) atoms. The number of hydrogen-bond acceptors (Lipinski definition) is 3. The number of aromatic carboxylic acids is 2. The van der Waals surface area contributed by atoms with E-state index >= 15 is 0 Å². The molecule has 2 heterocycles. The molecule has 0 saturated carbocycles. The van der Waals surface area contributed by atoms with Crippen molar-refractivity contribution in [3.05, 3.63) is 34.1 Å². The van der Waals surface area contributed by atoms with E-state index in [1.807, 2.05) is 0 Å². The van der Waals surface area contributed by atoms with Gasteiger partial charge in [0.25, 0.3) is 0 Å². The van der Waals surface area contributed by atoms with E-state index in [0.29, 0.717) is 4.47 Å². The van der Waals surface area contributed by atoms with Gasteiger partial charge in [0, 0.05) is 10.7 Å².